The SMILES string of the molecule is Cn1c(=O)c(C(=O)c2ccccc2)c2c3c(c(Nc4cc(Nc5nc(NC6CCC(CC7CCC(Nc8nc(Nc9ccc(S(=O)(=O)O)c(Nc%10ccc%11c%12c%10C(=O)c%10ccccc%10-c%12c(C(=O)c%10ccccc%10)c(=O)n%11C)c9)nc(Oc9cc(C(=O)O)cc(C(=O)O)c9)n8)CC7)CC6)nc(Oc6cc(C(=O)O)cc(C(=O)O)c6)n5)ccc4S(=O)(=O)O)ccc31)C(=O)c1ccccc1-2. The van der Waals surface area contributed by atoms with Gasteiger partial charge in [0.2, 0.25) is 23.8 Å². The van der Waals surface area contributed by atoms with Crippen molar-refractivity contribution in [1.82, 2.24) is 39.0 Å². The zero-order valence-corrected chi connectivity index (χ0v) is 71.5. The van der Waals surface area contributed by atoms with Gasteiger partial charge in [0, 0.05) is 81.7 Å². The first-order chi connectivity index (χ1) is 63.7. The number of ketones is 4. The molecule has 0 unspecified atom stereocenters. The summed E-state index contributed by atoms with van der Waals surface area (Å²) in [7, 11) is -7.21. The van der Waals surface area contributed by atoms with Crippen molar-refractivity contribution in [3.63, 3.8) is 0 Å². The lowest BCUT2D eigenvalue weighted by Gasteiger charge is -2.34. The van der Waals surface area contributed by atoms with Gasteiger partial charge >= 0.3 is 35.9 Å². The number of aryl methyl sites for hydroxylation is 2. The van der Waals surface area contributed by atoms with Crippen LogP contribution >= 0.6 is 0 Å². The Bertz CT molecular complexity index is 7220. The zero-order valence-electron chi connectivity index (χ0n) is 69.9. The molecule has 4 aromatic heterocycles. The van der Waals surface area contributed by atoms with Crippen molar-refractivity contribution in [3.8, 4) is 45.8 Å². The predicted octanol–water partition coefficient (Wildman–Crippen LogP) is 15.5. The van der Waals surface area contributed by atoms with E-state index in [1.54, 1.807) is 109 Å². The first kappa shape index (κ1) is 87.1. The highest BCUT2D eigenvalue weighted by atomic mass is 32.2. The van der Waals surface area contributed by atoms with Crippen molar-refractivity contribution in [2.75, 3.05) is 31.9 Å². The maximum absolute atomic E-state index is 14.9. The monoisotopic (exact) mass is 1830 g/mol. The van der Waals surface area contributed by atoms with Crippen LogP contribution in [0.4, 0.5) is 57.9 Å². The summed E-state index contributed by atoms with van der Waals surface area (Å²) in [6.07, 6.45) is 6.31. The standard InChI is InChI=1S/C95H74N14O22S2/c1-108-68-33-31-64(74-76(68)72(60-17-9-11-19-62(60)82(74)112)78(84(108)114)80(110)48-13-5-3-6-14-48)100-66-44-56(29-35-70(66)132(124,125)126)98-92-102-90(104-94(106-92)130-58-40-50(86(116)117)38-51(41-58)87(118)119)96-54-25-21-46(22-26-54)37-47-23-27-55(28-24-47)97-91-103-93(107-95(105-91)131-59-42-52(88(120)121)39-53(43-59)89(122)123)99-57-30-36-71(133(127,128)129)67(45-57)101-65-32-34-69-77-73(61-18-10-12-20-63(61)83(113)75(65)77)79(85(115)109(69)2)81(111)49-15-7-4-8-16-49/h3-20,29-36,38-47,54-55,100-101H,21-28,37H2,1-2H3,(H,116,117)(H,118,119)(H,120,121)(H,122,123)(H,124,125,126)(H,127,128,129)(H2,96,98,102,104,106)(H2,97,99,103,105,107). The number of pyridine rings is 2. The maximum Gasteiger partial charge on any atom is 0.335 e. The van der Waals surface area contributed by atoms with Gasteiger partial charge in [-0.2, -0.15) is 46.7 Å². The summed E-state index contributed by atoms with van der Waals surface area (Å²) >= 11 is 0. The van der Waals surface area contributed by atoms with E-state index in [-0.39, 0.29) is 171 Å². The fraction of sp³-hybridized carbons (Fsp3) is 0.158. The van der Waals surface area contributed by atoms with E-state index in [1.165, 1.54) is 71.8 Å². The van der Waals surface area contributed by atoms with Crippen LogP contribution in [0.15, 0.2) is 226 Å². The molecule has 0 aliphatic heterocycles. The minimum atomic E-state index is -5.07. The molecule has 0 amide bonds. The molecule has 10 aromatic carbocycles. The molecule has 4 aliphatic carbocycles. The molecule has 0 saturated heterocycles. The van der Waals surface area contributed by atoms with Gasteiger partial charge < -0.3 is 70.9 Å². The van der Waals surface area contributed by atoms with Gasteiger partial charge in [0.25, 0.3) is 31.4 Å². The second-order valence-corrected chi connectivity index (χ2v) is 35.2. The predicted molar refractivity (Wildman–Crippen MR) is 485 cm³/mol. The Hall–Kier alpha value is -16.6. The Morgan fingerprint density at radius 3 is 1.05 bits per heavy atom. The topological polar surface area (TPSA) is 538 Å². The van der Waals surface area contributed by atoms with Crippen LogP contribution in [0.1, 0.15) is 163 Å². The molecular formula is C95H74N14O22S2. The number of nitrogens with zero attached hydrogens (tertiary/aromatic N) is 8. The molecule has 133 heavy (non-hydrogen) atoms. The number of carboxylic acids is 4. The number of carbonyl (C=O) groups is 8. The molecule has 4 heterocycles. The molecule has 38 heteroatoms. The molecule has 2 fully saturated rings. The molecule has 4 aliphatic rings. The number of carbonyl (C=O) groups excluding carboxylic acids is 4. The lowest BCUT2D eigenvalue weighted by atomic mass is 9.75. The first-order valence-electron chi connectivity index (χ1n) is 41.6. The summed E-state index contributed by atoms with van der Waals surface area (Å²) < 4.78 is 89.5. The summed E-state index contributed by atoms with van der Waals surface area (Å²) in [6.45, 7) is 0. The van der Waals surface area contributed by atoms with Crippen LogP contribution in [0, 0.1) is 11.8 Å². The Kier molecular flexibility index (Phi) is 22.8. The van der Waals surface area contributed by atoms with Crippen molar-refractivity contribution in [1.29, 1.82) is 0 Å². The van der Waals surface area contributed by atoms with Gasteiger partial charge in [0.1, 0.15) is 21.3 Å². The van der Waals surface area contributed by atoms with Crippen LogP contribution in [0.25, 0.3) is 44.1 Å². The van der Waals surface area contributed by atoms with Crippen molar-refractivity contribution < 1.29 is 94.2 Å². The second-order valence-electron chi connectivity index (χ2n) is 32.4. The number of rotatable bonds is 28. The fourth-order valence-corrected chi connectivity index (χ4v) is 19.1. The lowest BCUT2D eigenvalue weighted by molar-refractivity contribution is 0.0675. The summed E-state index contributed by atoms with van der Waals surface area (Å²) in [4.78, 5) is 163. The van der Waals surface area contributed by atoms with Crippen molar-refractivity contribution >= 4 is 147 Å². The molecular weight excluding hydrogens is 1750 g/mol. The number of carboxylic acid groups (broad SMARTS) is 4. The van der Waals surface area contributed by atoms with Crippen LogP contribution < -0.4 is 52.5 Å². The number of hydrogen-bond donors (Lipinski definition) is 12. The van der Waals surface area contributed by atoms with Crippen LogP contribution in [-0.4, -0.2) is 144 Å². The Morgan fingerprint density at radius 1 is 0.368 bits per heavy atom. The lowest BCUT2D eigenvalue weighted by Crippen LogP contribution is -2.30. The summed E-state index contributed by atoms with van der Waals surface area (Å²) in [5.74, 6) is -8.79. The molecule has 36 nitrogen and oxygen atoms in total. The summed E-state index contributed by atoms with van der Waals surface area (Å²) in [5, 5.41) is 59.2. The van der Waals surface area contributed by atoms with Gasteiger partial charge in [-0.3, -0.25) is 37.9 Å². The highest BCUT2D eigenvalue weighted by molar-refractivity contribution is 7.86. The highest BCUT2D eigenvalue weighted by Crippen LogP contribution is 2.49. The molecule has 0 atom stereocenters. The minimum absolute atomic E-state index is 0.0156. The van der Waals surface area contributed by atoms with Gasteiger partial charge in [-0.15, -0.1) is 0 Å². The molecule has 0 radical (unpaired) electrons. The van der Waals surface area contributed by atoms with Gasteiger partial charge in [-0.05, 0) is 178 Å². The smallest absolute Gasteiger partial charge is 0.335 e. The minimum Gasteiger partial charge on any atom is -0.478 e. The molecule has 0 spiro atoms. The zero-order chi connectivity index (χ0) is 93.3. The van der Waals surface area contributed by atoms with E-state index in [4.69, 9.17) is 9.47 Å². The number of hydrogen-bond acceptors (Lipinski definition) is 28. The van der Waals surface area contributed by atoms with Crippen molar-refractivity contribution in [3.05, 3.63) is 294 Å². The summed E-state index contributed by atoms with van der Waals surface area (Å²) in [6, 6.07) is 47.2. The number of fused-ring (bicyclic) bond motifs is 4. The third-order valence-electron chi connectivity index (χ3n) is 24.0. The number of nitrogens with one attached hydrogen (secondary N) is 6. The number of benzene rings is 10. The quantitative estimate of drug-likeness (QED) is 0.0160. The van der Waals surface area contributed by atoms with Crippen LogP contribution in [0.5, 0.6) is 23.5 Å². The Morgan fingerprint density at radius 2 is 0.707 bits per heavy atom. The van der Waals surface area contributed by atoms with Gasteiger partial charge in [-0.25, -0.2) is 19.2 Å². The molecule has 2 saturated carbocycles. The number of aromatic nitrogens is 8. The second kappa shape index (κ2) is 34.8. The molecule has 0 bridgehead atoms. The third-order valence-corrected chi connectivity index (χ3v) is 25.9. The Balaban J connectivity index is 0.588. The van der Waals surface area contributed by atoms with Crippen molar-refractivity contribution in [2.24, 2.45) is 25.9 Å². The van der Waals surface area contributed by atoms with Crippen molar-refractivity contribution in [2.45, 2.75) is 79.7 Å². The van der Waals surface area contributed by atoms with E-state index in [2.05, 4.69) is 61.8 Å². The Labute approximate surface area is 753 Å². The molecule has 12 N–H and O–H groups in total. The third kappa shape index (κ3) is 17.2. The van der Waals surface area contributed by atoms with Crippen LogP contribution in [-0.2, 0) is 34.3 Å². The fourth-order valence-electron chi connectivity index (χ4n) is 17.8. The average Bonchev–Trinajstić information content (AvgIpc) is 0.708. The van der Waals surface area contributed by atoms with E-state index in [0.29, 0.717) is 36.8 Å². The van der Waals surface area contributed by atoms with E-state index < -0.39 is 122 Å². The van der Waals surface area contributed by atoms with E-state index in [1.807, 2.05) is 0 Å². The van der Waals surface area contributed by atoms with Crippen LogP contribution in [0.2, 0.25) is 0 Å². The molecule has 18 rings (SSSR count). The van der Waals surface area contributed by atoms with E-state index in [0.717, 1.165) is 80.6 Å². The first-order valence-corrected chi connectivity index (χ1v) is 44.4. The molecule has 668 valence electrons. The molecule has 14 aromatic rings. The van der Waals surface area contributed by atoms with Gasteiger partial charge in [0.15, 0.2) is 23.1 Å². The average molecular weight is 1830 g/mol. The van der Waals surface area contributed by atoms with E-state index in [9.17, 15) is 94.3 Å². The van der Waals surface area contributed by atoms with Gasteiger partial charge in [-0.1, -0.05) is 109 Å². The van der Waals surface area contributed by atoms with E-state index >= 15 is 0 Å². The maximum atomic E-state index is 14.9. The largest absolute Gasteiger partial charge is 0.478 e. The highest BCUT2D eigenvalue weighted by Gasteiger charge is 2.39. The summed E-state index contributed by atoms with van der Waals surface area (Å²) in [5.41, 5.74) is -1.65. The van der Waals surface area contributed by atoms with Gasteiger partial charge in [0.05, 0.1) is 78.3 Å². The normalized spacial score (nSPS) is 15.5. The number of anilines is 10. The number of aromatic carboxylic acids is 4. The van der Waals surface area contributed by atoms with Crippen LogP contribution in [0.3, 0.4) is 0 Å². The number of ether oxygens (including phenoxy) is 2.